The number of carbonyl (C=O) groups is 1. The van der Waals surface area contributed by atoms with E-state index >= 15 is 0 Å². The summed E-state index contributed by atoms with van der Waals surface area (Å²) in [5, 5.41) is 0. The maximum absolute atomic E-state index is 12.9. The molecule has 0 unspecified atom stereocenters. The lowest BCUT2D eigenvalue weighted by Gasteiger charge is -2.35. The number of aryl methyl sites for hydroxylation is 4. The zero-order chi connectivity index (χ0) is 17.2. The number of hydrogen-bond acceptors (Lipinski definition) is 3. The van der Waals surface area contributed by atoms with Crippen LogP contribution in [0.5, 0.6) is 0 Å². The Hall–Kier alpha value is -2.13. The number of carbonyl (C=O) groups excluding carboxylic acids is 1. The highest BCUT2D eigenvalue weighted by Gasteiger charge is 2.47. The van der Waals surface area contributed by atoms with Gasteiger partial charge in [-0.1, -0.05) is 36.4 Å². The van der Waals surface area contributed by atoms with Crippen LogP contribution in [-0.4, -0.2) is 20.2 Å². The van der Waals surface area contributed by atoms with Gasteiger partial charge in [-0.15, -0.1) is 0 Å². The summed E-state index contributed by atoms with van der Waals surface area (Å²) in [6.45, 7) is 7.97. The first-order valence-corrected chi connectivity index (χ1v) is 7.67. The topological polar surface area (TPSA) is 35.5 Å². The number of hydrogen-bond donors (Lipinski definition) is 0. The molecule has 0 saturated heterocycles. The van der Waals surface area contributed by atoms with E-state index in [1.54, 1.807) is 7.11 Å². The number of methoxy groups -OCH3 is 2. The average molecular weight is 312 g/mol. The van der Waals surface area contributed by atoms with Crippen LogP contribution in [0, 0.1) is 27.7 Å². The van der Waals surface area contributed by atoms with E-state index in [1.165, 1.54) is 7.11 Å². The van der Waals surface area contributed by atoms with Crippen molar-refractivity contribution in [3.05, 3.63) is 69.8 Å². The van der Waals surface area contributed by atoms with Crippen LogP contribution in [0.25, 0.3) is 0 Å². The maximum atomic E-state index is 12.9. The Morgan fingerprint density at radius 1 is 0.783 bits per heavy atom. The predicted octanol–water partition coefficient (Wildman–Crippen LogP) is 3.98. The molecule has 0 saturated carbocycles. The second-order valence-corrected chi connectivity index (χ2v) is 5.91. The quantitative estimate of drug-likeness (QED) is 0.801. The monoisotopic (exact) mass is 312 g/mol. The van der Waals surface area contributed by atoms with Gasteiger partial charge in [-0.05, 0) is 49.9 Å². The molecular formula is C20H24O3. The first-order valence-electron chi connectivity index (χ1n) is 7.67. The van der Waals surface area contributed by atoms with E-state index in [-0.39, 0.29) is 0 Å². The van der Waals surface area contributed by atoms with E-state index in [4.69, 9.17) is 9.47 Å². The molecule has 0 bridgehead atoms. The lowest BCUT2D eigenvalue weighted by molar-refractivity contribution is -0.162. The predicted molar refractivity (Wildman–Crippen MR) is 91.6 cm³/mol. The van der Waals surface area contributed by atoms with Crippen LogP contribution < -0.4 is 0 Å². The van der Waals surface area contributed by atoms with Crippen LogP contribution in [0.1, 0.15) is 33.4 Å². The number of rotatable bonds is 4. The lowest BCUT2D eigenvalue weighted by atomic mass is 9.77. The van der Waals surface area contributed by atoms with Crippen LogP contribution >= 0.6 is 0 Å². The molecule has 122 valence electrons. The molecule has 0 aromatic heterocycles. The van der Waals surface area contributed by atoms with Gasteiger partial charge in [0.2, 0.25) is 5.60 Å². The summed E-state index contributed by atoms with van der Waals surface area (Å²) >= 11 is 0. The Kier molecular flexibility index (Phi) is 4.90. The van der Waals surface area contributed by atoms with Crippen LogP contribution in [0.2, 0.25) is 0 Å². The van der Waals surface area contributed by atoms with Crippen molar-refractivity contribution in [2.75, 3.05) is 14.2 Å². The summed E-state index contributed by atoms with van der Waals surface area (Å²) in [7, 11) is 2.96. The van der Waals surface area contributed by atoms with Crippen molar-refractivity contribution in [2.24, 2.45) is 0 Å². The van der Waals surface area contributed by atoms with E-state index < -0.39 is 11.6 Å². The second-order valence-electron chi connectivity index (χ2n) is 5.91. The zero-order valence-electron chi connectivity index (χ0n) is 14.7. The molecule has 2 aromatic carbocycles. The normalized spacial score (nSPS) is 11.4. The van der Waals surface area contributed by atoms with Crippen molar-refractivity contribution in [2.45, 2.75) is 33.3 Å². The third kappa shape index (κ3) is 2.66. The van der Waals surface area contributed by atoms with Gasteiger partial charge in [-0.25, -0.2) is 4.79 Å². The molecule has 0 N–H and O–H groups in total. The first kappa shape index (κ1) is 17.2. The summed E-state index contributed by atoms with van der Waals surface area (Å²) in [5.74, 6) is -0.408. The minimum atomic E-state index is -1.26. The summed E-state index contributed by atoms with van der Waals surface area (Å²) in [5.41, 5.74) is 4.44. The standard InChI is InChI=1S/C20H24O3/c1-13-9-7-10-14(2)17(13)20(23-6,19(21)22-5)18-15(3)11-8-12-16(18)4/h7-12H,1-6H3. The van der Waals surface area contributed by atoms with Crippen molar-refractivity contribution in [1.82, 2.24) is 0 Å². The van der Waals surface area contributed by atoms with Crippen LogP contribution in [-0.2, 0) is 19.9 Å². The molecule has 0 fully saturated rings. The lowest BCUT2D eigenvalue weighted by Crippen LogP contribution is -2.42. The van der Waals surface area contributed by atoms with Gasteiger partial charge in [0.05, 0.1) is 7.11 Å². The van der Waals surface area contributed by atoms with Crippen molar-refractivity contribution in [1.29, 1.82) is 0 Å². The molecule has 3 heteroatoms. The van der Waals surface area contributed by atoms with Crippen molar-refractivity contribution < 1.29 is 14.3 Å². The fraction of sp³-hybridized carbons (Fsp3) is 0.350. The molecule has 0 aliphatic rings. The fourth-order valence-electron chi connectivity index (χ4n) is 3.50. The maximum Gasteiger partial charge on any atom is 0.347 e. The summed E-state index contributed by atoms with van der Waals surface area (Å²) in [4.78, 5) is 12.9. The number of esters is 1. The molecule has 0 aliphatic carbocycles. The Morgan fingerprint density at radius 2 is 1.13 bits per heavy atom. The van der Waals surface area contributed by atoms with Gasteiger partial charge in [-0.3, -0.25) is 0 Å². The van der Waals surface area contributed by atoms with Gasteiger partial charge < -0.3 is 9.47 Å². The van der Waals surface area contributed by atoms with E-state index in [0.29, 0.717) is 0 Å². The summed E-state index contributed by atoms with van der Waals surface area (Å²) < 4.78 is 11.1. The fourth-order valence-corrected chi connectivity index (χ4v) is 3.50. The molecule has 2 rings (SSSR count). The van der Waals surface area contributed by atoms with Gasteiger partial charge in [0.25, 0.3) is 0 Å². The highest BCUT2D eigenvalue weighted by molar-refractivity contribution is 5.88. The molecule has 0 spiro atoms. The van der Waals surface area contributed by atoms with E-state index in [2.05, 4.69) is 0 Å². The van der Waals surface area contributed by atoms with Crippen LogP contribution in [0.4, 0.5) is 0 Å². The van der Waals surface area contributed by atoms with E-state index in [9.17, 15) is 4.79 Å². The average Bonchev–Trinajstić information content (AvgIpc) is 2.51. The third-order valence-electron chi connectivity index (χ3n) is 4.45. The molecular weight excluding hydrogens is 288 g/mol. The molecule has 0 aliphatic heterocycles. The van der Waals surface area contributed by atoms with Crippen molar-refractivity contribution in [3.63, 3.8) is 0 Å². The highest BCUT2D eigenvalue weighted by atomic mass is 16.6. The largest absolute Gasteiger partial charge is 0.466 e. The molecule has 0 radical (unpaired) electrons. The first-order chi connectivity index (χ1) is 10.9. The molecule has 0 atom stereocenters. The second kappa shape index (κ2) is 6.55. The van der Waals surface area contributed by atoms with Gasteiger partial charge >= 0.3 is 5.97 Å². The minimum Gasteiger partial charge on any atom is -0.466 e. The van der Waals surface area contributed by atoms with Crippen molar-refractivity contribution in [3.8, 4) is 0 Å². The Balaban J connectivity index is 2.96. The molecule has 23 heavy (non-hydrogen) atoms. The Bertz CT molecular complexity index is 640. The van der Waals surface area contributed by atoms with Gasteiger partial charge in [0.1, 0.15) is 0 Å². The molecule has 2 aromatic rings. The van der Waals surface area contributed by atoms with Crippen LogP contribution in [0.15, 0.2) is 36.4 Å². The van der Waals surface area contributed by atoms with Gasteiger partial charge in [-0.2, -0.15) is 0 Å². The Morgan fingerprint density at radius 3 is 1.39 bits per heavy atom. The molecule has 3 nitrogen and oxygen atoms in total. The Labute approximate surface area is 138 Å². The zero-order valence-corrected chi connectivity index (χ0v) is 14.7. The van der Waals surface area contributed by atoms with Gasteiger partial charge in [0.15, 0.2) is 0 Å². The molecule has 0 heterocycles. The number of benzene rings is 2. The van der Waals surface area contributed by atoms with Crippen LogP contribution in [0.3, 0.4) is 0 Å². The number of ether oxygens (including phenoxy) is 2. The highest BCUT2D eigenvalue weighted by Crippen LogP contribution is 2.41. The smallest absolute Gasteiger partial charge is 0.347 e. The van der Waals surface area contributed by atoms with Crippen molar-refractivity contribution >= 4 is 5.97 Å². The van der Waals surface area contributed by atoms with Gasteiger partial charge in [0, 0.05) is 18.2 Å². The summed E-state index contributed by atoms with van der Waals surface area (Å²) in [6, 6.07) is 11.9. The van der Waals surface area contributed by atoms with E-state index in [0.717, 1.165) is 33.4 Å². The minimum absolute atomic E-state index is 0.408. The third-order valence-corrected chi connectivity index (χ3v) is 4.45. The molecule has 0 amide bonds. The summed E-state index contributed by atoms with van der Waals surface area (Å²) in [6.07, 6.45) is 0. The van der Waals surface area contributed by atoms with E-state index in [1.807, 2.05) is 64.1 Å². The SMILES string of the molecule is COC(=O)C(OC)(c1c(C)cccc1C)c1c(C)cccc1C.